The normalized spacial score (nSPS) is 42.1. The Kier molecular flexibility index (Phi) is 8.98. The van der Waals surface area contributed by atoms with Gasteiger partial charge in [-0.05, 0) is 68.1 Å². The highest BCUT2D eigenvalue weighted by Gasteiger charge is 2.89. The van der Waals surface area contributed by atoms with Crippen molar-refractivity contribution in [1.82, 2.24) is 4.90 Å². The minimum atomic E-state index is -1.57. The summed E-state index contributed by atoms with van der Waals surface area (Å²) in [6.07, 6.45) is 2.61. The smallest absolute Gasteiger partial charge is 0.338 e. The number of aliphatic hydroxyl groups is 1. The van der Waals surface area contributed by atoms with Crippen molar-refractivity contribution in [2.75, 3.05) is 55.7 Å². The molecule has 13 atom stereocenters. The third-order valence-corrected chi connectivity index (χ3v) is 14.3. The molecule has 12 nitrogen and oxygen atoms in total. The van der Waals surface area contributed by atoms with E-state index in [9.17, 15) is 19.8 Å². The number of phenolic OH excluding ortho intramolecular Hbond substituents is 1. The molecule has 2 aromatic rings. The fourth-order valence-corrected chi connectivity index (χ4v) is 13.1. The minimum Gasteiger partial charge on any atom is -0.504 e. The standard InChI is InChI=1S/C41H51NO11/c1-42-21-38(22-47-2)17-16-28(49-4)41-25-19-39(46)29(50-5)20-40(32(35(41)42)33(51-6)34(38)41,31(25)36(39)52-37(45)24-10-8-7-9-11-24)53-30(44)15-13-23-12-14-26(43)27(18-23)48-3/h7-15,18,25,28-29,31-36,43,46H,16-17,19-22H2,1-6H3/b15-13+/t25-,28+,29+,31-,32+,33+,34-,35?,36-,38+,39+,40-,41+/m1/s1. The summed E-state index contributed by atoms with van der Waals surface area (Å²) < 4.78 is 44.0. The van der Waals surface area contributed by atoms with Crippen LogP contribution >= 0.6 is 0 Å². The van der Waals surface area contributed by atoms with Crippen LogP contribution in [0.1, 0.15) is 41.6 Å². The fourth-order valence-electron chi connectivity index (χ4n) is 13.1. The maximum absolute atomic E-state index is 14.4. The molecule has 8 rings (SSSR count). The third-order valence-electron chi connectivity index (χ3n) is 14.3. The summed E-state index contributed by atoms with van der Waals surface area (Å²) in [5.41, 5.74) is -2.73. The van der Waals surface area contributed by atoms with E-state index in [4.69, 9.17) is 33.2 Å². The van der Waals surface area contributed by atoms with Crippen molar-refractivity contribution in [2.24, 2.45) is 34.5 Å². The van der Waals surface area contributed by atoms with Gasteiger partial charge in [-0.3, -0.25) is 0 Å². The van der Waals surface area contributed by atoms with E-state index in [-0.39, 0.29) is 59.8 Å². The van der Waals surface area contributed by atoms with Gasteiger partial charge in [-0.2, -0.15) is 0 Å². The Morgan fingerprint density at radius 2 is 1.72 bits per heavy atom. The fraction of sp³-hybridized carbons (Fsp3) is 0.610. The quantitative estimate of drug-likeness (QED) is 0.257. The zero-order valence-electron chi connectivity index (χ0n) is 31.2. The molecule has 5 aliphatic carbocycles. The second-order valence-electron chi connectivity index (χ2n) is 16.2. The number of piperidine rings is 1. The van der Waals surface area contributed by atoms with Crippen LogP contribution in [0.5, 0.6) is 11.5 Å². The first kappa shape index (κ1) is 36.5. The number of hydrogen-bond acceptors (Lipinski definition) is 12. The van der Waals surface area contributed by atoms with Crippen LogP contribution in [0.3, 0.4) is 0 Å². The number of aromatic hydroxyl groups is 1. The predicted molar refractivity (Wildman–Crippen MR) is 191 cm³/mol. The van der Waals surface area contributed by atoms with E-state index >= 15 is 0 Å². The first-order valence-corrected chi connectivity index (χ1v) is 18.5. The first-order chi connectivity index (χ1) is 25.5. The first-order valence-electron chi connectivity index (χ1n) is 18.5. The Bertz CT molecular complexity index is 1770. The van der Waals surface area contributed by atoms with Crippen molar-refractivity contribution < 1.29 is 53.0 Å². The van der Waals surface area contributed by atoms with E-state index < -0.39 is 52.6 Å². The van der Waals surface area contributed by atoms with Gasteiger partial charge in [0.2, 0.25) is 0 Å². The number of carbonyl (C=O) groups is 2. The maximum atomic E-state index is 14.4. The maximum Gasteiger partial charge on any atom is 0.338 e. The van der Waals surface area contributed by atoms with Crippen molar-refractivity contribution in [1.29, 1.82) is 0 Å². The molecule has 0 radical (unpaired) electrons. The van der Waals surface area contributed by atoms with Crippen LogP contribution in [0.15, 0.2) is 54.6 Å². The summed E-state index contributed by atoms with van der Waals surface area (Å²) in [4.78, 5) is 30.7. The summed E-state index contributed by atoms with van der Waals surface area (Å²) in [7, 11) is 10.4. The molecule has 2 N–H and O–H groups in total. The molecular weight excluding hydrogens is 682 g/mol. The van der Waals surface area contributed by atoms with Crippen molar-refractivity contribution in [3.05, 3.63) is 65.7 Å². The summed E-state index contributed by atoms with van der Waals surface area (Å²) in [5.74, 6) is -2.28. The molecule has 2 aromatic carbocycles. The van der Waals surface area contributed by atoms with Crippen LogP contribution in [0, 0.1) is 34.5 Å². The van der Waals surface area contributed by atoms with E-state index in [1.54, 1.807) is 70.9 Å². The lowest BCUT2D eigenvalue weighted by atomic mass is 9.43. The van der Waals surface area contributed by atoms with Crippen molar-refractivity contribution in [3.63, 3.8) is 0 Å². The number of ether oxygens (including phenoxy) is 7. The monoisotopic (exact) mass is 733 g/mol. The number of hydrogen-bond donors (Lipinski definition) is 2. The van der Waals surface area contributed by atoms with Crippen LogP contribution in [0.25, 0.3) is 6.08 Å². The molecule has 1 aliphatic heterocycles. The van der Waals surface area contributed by atoms with Gasteiger partial charge in [0.05, 0.1) is 37.6 Å². The van der Waals surface area contributed by atoms with E-state index in [0.717, 1.165) is 19.4 Å². The second-order valence-corrected chi connectivity index (χ2v) is 16.2. The average molecular weight is 734 g/mol. The number of esters is 2. The molecule has 5 saturated carbocycles. The van der Waals surface area contributed by atoms with Crippen molar-refractivity contribution in [3.8, 4) is 11.5 Å². The largest absolute Gasteiger partial charge is 0.504 e. The van der Waals surface area contributed by atoms with Gasteiger partial charge in [0.25, 0.3) is 0 Å². The van der Waals surface area contributed by atoms with Crippen LogP contribution in [0.4, 0.5) is 0 Å². The highest BCUT2D eigenvalue weighted by molar-refractivity contribution is 5.90. The Labute approximate surface area is 310 Å². The lowest BCUT2D eigenvalue weighted by molar-refractivity contribution is -0.284. The highest BCUT2D eigenvalue weighted by atomic mass is 16.6. The Morgan fingerprint density at radius 1 is 0.962 bits per heavy atom. The van der Waals surface area contributed by atoms with Crippen LogP contribution in [-0.2, 0) is 33.2 Å². The zero-order valence-corrected chi connectivity index (χ0v) is 31.2. The molecule has 1 saturated heterocycles. The second kappa shape index (κ2) is 13.1. The van der Waals surface area contributed by atoms with Gasteiger partial charge in [-0.15, -0.1) is 0 Å². The minimum absolute atomic E-state index is 0.0150. The van der Waals surface area contributed by atoms with Gasteiger partial charge in [-0.1, -0.05) is 24.3 Å². The Balaban J connectivity index is 1.32. The number of benzene rings is 2. The number of fused-ring (bicyclic) bond motifs is 2. The highest BCUT2D eigenvalue weighted by Crippen LogP contribution is 2.80. The molecule has 7 bridgehead atoms. The summed E-state index contributed by atoms with van der Waals surface area (Å²) >= 11 is 0. The molecule has 6 aliphatic rings. The lowest BCUT2D eigenvalue weighted by Gasteiger charge is -2.69. The van der Waals surface area contributed by atoms with Gasteiger partial charge in [-0.25, -0.2) is 9.59 Å². The number of likely N-dealkylation sites (tertiary alicyclic amines) is 1. The van der Waals surface area contributed by atoms with Gasteiger partial charge >= 0.3 is 11.9 Å². The van der Waals surface area contributed by atoms with Gasteiger partial charge in [0, 0.05) is 82.1 Å². The van der Waals surface area contributed by atoms with Crippen LogP contribution in [-0.4, -0.2) is 124 Å². The average Bonchev–Trinajstić information content (AvgIpc) is 3.55. The Hall–Kier alpha value is -3.52. The zero-order chi connectivity index (χ0) is 37.5. The van der Waals surface area contributed by atoms with Gasteiger partial charge in [0.1, 0.15) is 17.3 Å². The number of methoxy groups -OCH3 is 5. The molecule has 53 heavy (non-hydrogen) atoms. The van der Waals surface area contributed by atoms with E-state index in [0.29, 0.717) is 17.7 Å². The molecule has 1 unspecified atom stereocenters. The van der Waals surface area contributed by atoms with E-state index in [1.165, 1.54) is 19.3 Å². The molecule has 1 heterocycles. The molecule has 6 fully saturated rings. The van der Waals surface area contributed by atoms with Gasteiger partial charge in [0.15, 0.2) is 11.5 Å². The molecule has 286 valence electrons. The number of nitrogens with zero attached hydrogens (tertiary/aromatic N) is 1. The summed E-state index contributed by atoms with van der Waals surface area (Å²) in [6, 6.07) is 13.4. The summed E-state index contributed by atoms with van der Waals surface area (Å²) in [5, 5.41) is 23.1. The van der Waals surface area contributed by atoms with E-state index in [1.807, 2.05) is 6.07 Å². The number of carbonyl (C=O) groups excluding carboxylic acids is 2. The molecule has 0 amide bonds. The molecular formula is C41H51NO11. The van der Waals surface area contributed by atoms with Crippen LogP contribution in [0.2, 0.25) is 0 Å². The SMILES string of the molecule is COC[C@@]12CC[C@H](OC)[C@]34C([C@H]([C@H](OC)[C@H]13)[C@@]1(OC(=O)/C=C/c3ccc(O)c(OC)c3)C[C@H](OC)[C@@]3(O)C[C@@H]4[C@@H]1[C@H]3OC(=O)c1ccccc1)N(C)C2. The molecule has 0 aromatic heterocycles. The van der Waals surface area contributed by atoms with Gasteiger partial charge < -0.3 is 48.3 Å². The lowest BCUT2D eigenvalue weighted by Crippen LogP contribution is -2.77. The topological polar surface area (TPSA) is 142 Å². The van der Waals surface area contributed by atoms with Crippen molar-refractivity contribution in [2.45, 2.75) is 67.3 Å². The predicted octanol–water partition coefficient (Wildman–Crippen LogP) is 3.72. The van der Waals surface area contributed by atoms with Crippen molar-refractivity contribution >= 4 is 18.0 Å². The molecule has 1 spiro atoms. The number of phenols is 1. The Morgan fingerprint density at radius 3 is 2.40 bits per heavy atom. The van der Waals surface area contributed by atoms with E-state index in [2.05, 4.69) is 11.9 Å². The van der Waals surface area contributed by atoms with Crippen LogP contribution < -0.4 is 4.74 Å². The third kappa shape index (κ3) is 4.88. The molecule has 12 heteroatoms. The summed E-state index contributed by atoms with van der Waals surface area (Å²) in [6.45, 7) is 1.28. The number of rotatable bonds is 11.